The number of hydrogen-bond donors (Lipinski definition) is 1. The second kappa shape index (κ2) is 10.0. The largest absolute Gasteiger partial charge is 0.393 e. The summed E-state index contributed by atoms with van der Waals surface area (Å²) in [7, 11) is 0. The van der Waals surface area contributed by atoms with Gasteiger partial charge >= 0.3 is 0 Å². The normalized spacial score (nSPS) is 14.3. The molecule has 2 unspecified atom stereocenters. The van der Waals surface area contributed by atoms with E-state index in [2.05, 4.69) is 31.2 Å². The number of rotatable bonds is 10. The Morgan fingerprint density at radius 3 is 2.05 bits per heavy atom. The van der Waals surface area contributed by atoms with Crippen LogP contribution in [-0.2, 0) is 0 Å². The molecule has 0 aliphatic carbocycles. The van der Waals surface area contributed by atoms with Gasteiger partial charge < -0.3 is 5.11 Å². The van der Waals surface area contributed by atoms with Crippen molar-refractivity contribution in [1.29, 1.82) is 0 Å². The van der Waals surface area contributed by atoms with Gasteiger partial charge in [-0.15, -0.1) is 0 Å². The zero-order valence-corrected chi connectivity index (χ0v) is 12.6. The molecule has 1 aromatic rings. The number of aliphatic hydroxyl groups is 1. The summed E-state index contributed by atoms with van der Waals surface area (Å²) < 4.78 is 0. The van der Waals surface area contributed by atoms with E-state index in [1.165, 1.54) is 50.5 Å². The van der Waals surface area contributed by atoms with Crippen LogP contribution in [0.5, 0.6) is 0 Å². The highest BCUT2D eigenvalue weighted by Gasteiger charge is 2.16. The van der Waals surface area contributed by atoms with Crippen LogP contribution < -0.4 is 0 Å². The van der Waals surface area contributed by atoms with Gasteiger partial charge in [-0.1, -0.05) is 82.2 Å². The summed E-state index contributed by atoms with van der Waals surface area (Å²) in [5.41, 5.74) is 1.28. The first-order chi connectivity index (χ1) is 9.25. The van der Waals surface area contributed by atoms with Crippen LogP contribution in [0.3, 0.4) is 0 Å². The Morgan fingerprint density at radius 1 is 0.895 bits per heavy atom. The molecule has 0 amide bonds. The van der Waals surface area contributed by atoms with E-state index in [1.54, 1.807) is 0 Å². The lowest BCUT2D eigenvalue weighted by atomic mass is 9.89. The lowest BCUT2D eigenvalue weighted by Crippen LogP contribution is -2.14. The first-order valence-corrected chi connectivity index (χ1v) is 7.98. The lowest BCUT2D eigenvalue weighted by molar-refractivity contribution is 0.156. The SMILES string of the molecule is CCCCCCCCCC(c1ccccc1)C(C)O. The first kappa shape index (κ1) is 16.2. The molecule has 2 atom stereocenters. The third kappa shape index (κ3) is 6.77. The van der Waals surface area contributed by atoms with Crippen molar-refractivity contribution in [2.24, 2.45) is 0 Å². The van der Waals surface area contributed by atoms with Gasteiger partial charge in [-0.25, -0.2) is 0 Å². The second-order valence-electron chi connectivity index (χ2n) is 5.67. The Bertz CT molecular complexity index is 305. The molecule has 19 heavy (non-hydrogen) atoms. The van der Waals surface area contributed by atoms with Crippen LogP contribution in [0, 0.1) is 0 Å². The van der Waals surface area contributed by atoms with Crippen LogP contribution in [-0.4, -0.2) is 11.2 Å². The molecule has 1 rings (SSSR count). The molecule has 0 fully saturated rings. The Labute approximate surface area is 119 Å². The molecule has 1 nitrogen and oxygen atoms in total. The molecular weight excluding hydrogens is 232 g/mol. The van der Waals surface area contributed by atoms with E-state index in [9.17, 15) is 5.11 Å². The highest BCUT2D eigenvalue weighted by atomic mass is 16.3. The summed E-state index contributed by atoms with van der Waals surface area (Å²) >= 11 is 0. The maximum Gasteiger partial charge on any atom is 0.0580 e. The molecular formula is C18H30O. The monoisotopic (exact) mass is 262 g/mol. The third-order valence-electron chi connectivity index (χ3n) is 3.93. The van der Waals surface area contributed by atoms with E-state index in [-0.39, 0.29) is 6.10 Å². The topological polar surface area (TPSA) is 20.2 Å². The Morgan fingerprint density at radius 2 is 1.47 bits per heavy atom. The van der Waals surface area contributed by atoms with Crippen molar-refractivity contribution in [3.05, 3.63) is 35.9 Å². The maximum absolute atomic E-state index is 9.94. The van der Waals surface area contributed by atoms with Gasteiger partial charge in [0.25, 0.3) is 0 Å². The van der Waals surface area contributed by atoms with E-state index in [0.717, 1.165) is 6.42 Å². The smallest absolute Gasteiger partial charge is 0.0580 e. The van der Waals surface area contributed by atoms with Crippen molar-refractivity contribution in [3.63, 3.8) is 0 Å². The zero-order valence-electron chi connectivity index (χ0n) is 12.6. The average Bonchev–Trinajstić information content (AvgIpc) is 2.42. The summed E-state index contributed by atoms with van der Waals surface area (Å²) in [6.07, 6.45) is 10.2. The fourth-order valence-electron chi connectivity index (χ4n) is 2.71. The van der Waals surface area contributed by atoms with Crippen molar-refractivity contribution >= 4 is 0 Å². The summed E-state index contributed by atoms with van der Waals surface area (Å²) in [5.74, 6) is 0.303. The van der Waals surface area contributed by atoms with E-state index < -0.39 is 0 Å². The second-order valence-corrected chi connectivity index (χ2v) is 5.67. The van der Waals surface area contributed by atoms with Crippen molar-refractivity contribution in [1.82, 2.24) is 0 Å². The van der Waals surface area contributed by atoms with Crippen LogP contribution in [0.25, 0.3) is 0 Å². The predicted molar refractivity (Wildman–Crippen MR) is 83.5 cm³/mol. The molecule has 0 saturated heterocycles. The van der Waals surface area contributed by atoms with Gasteiger partial charge in [-0.2, -0.15) is 0 Å². The molecule has 0 saturated carbocycles. The van der Waals surface area contributed by atoms with Crippen molar-refractivity contribution in [2.45, 2.75) is 77.2 Å². The summed E-state index contributed by atoms with van der Waals surface area (Å²) in [6.45, 7) is 4.17. The number of unbranched alkanes of at least 4 members (excludes halogenated alkanes) is 6. The van der Waals surface area contributed by atoms with Crippen LogP contribution >= 0.6 is 0 Å². The van der Waals surface area contributed by atoms with E-state index in [1.807, 2.05) is 13.0 Å². The molecule has 1 aromatic carbocycles. The molecule has 0 heterocycles. The number of benzene rings is 1. The molecule has 0 spiro atoms. The number of aliphatic hydroxyl groups excluding tert-OH is 1. The van der Waals surface area contributed by atoms with E-state index >= 15 is 0 Å². The fraction of sp³-hybridized carbons (Fsp3) is 0.667. The van der Waals surface area contributed by atoms with Crippen LogP contribution in [0.2, 0.25) is 0 Å². The molecule has 0 aliphatic heterocycles. The number of hydrogen-bond acceptors (Lipinski definition) is 1. The summed E-state index contributed by atoms with van der Waals surface area (Å²) in [6, 6.07) is 10.4. The molecule has 0 aromatic heterocycles. The minimum Gasteiger partial charge on any atom is -0.393 e. The highest BCUT2D eigenvalue weighted by Crippen LogP contribution is 2.26. The van der Waals surface area contributed by atoms with Gasteiger partial charge in [0.05, 0.1) is 6.10 Å². The quantitative estimate of drug-likeness (QED) is 0.568. The molecule has 0 aliphatic rings. The standard InChI is InChI=1S/C18H30O/c1-3-4-5-6-7-8-12-15-18(16(2)19)17-13-10-9-11-14-17/h9-11,13-14,16,18-19H,3-8,12,15H2,1-2H3. The summed E-state index contributed by atoms with van der Waals surface area (Å²) in [4.78, 5) is 0. The minimum absolute atomic E-state index is 0.248. The Hall–Kier alpha value is -0.820. The van der Waals surface area contributed by atoms with Gasteiger partial charge in [-0.05, 0) is 18.9 Å². The molecule has 0 radical (unpaired) electrons. The molecule has 0 bridgehead atoms. The van der Waals surface area contributed by atoms with Crippen LogP contribution in [0.15, 0.2) is 30.3 Å². The third-order valence-corrected chi connectivity index (χ3v) is 3.93. The Kier molecular flexibility index (Phi) is 8.57. The van der Waals surface area contributed by atoms with Crippen LogP contribution in [0.1, 0.15) is 76.7 Å². The average molecular weight is 262 g/mol. The summed E-state index contributed by atoms with van der Waals surface area (Å²) in [5, 5.41) is 9.94. The maximum atomic E-state index is 9.94. The minimum atomic E-state index is -0.248. The highest BCUT2D eigenvalue weighted by molar-refractivity contribution is 5.20. The fourth-order valence-corrected chi connectivity index (χ4v) is 2.71. The van der Waals surface area contributed by atoms with Crippen LogP contribution in [0.4, 0.5) is 0 Å². The van der Waals surface area contributed by atoms with E-state index in [0.29, 0.717) is 5.92 Å². The van der Waals surface area contributed by atoms with Gasteiger partial charge in [0, 0.05) is 5.92 Å². The van der Waals surface area contributed by atoms with Crippen molar-refractivity contribution in [2.75, 3.05) is 0 Å². The molecule has 1 N–H and O–H groups in total. The van der Waals surface area contributed by atoms with Gasteiger partial charge in [-0.3, -0.25) is 0 Å². The first-order valence-electron chi connectivity index (χ1n) is 7.98. The van der Waals surface area contributed by atoms with Gasteiger partial charge in [0.2, 0.25) is 0 Å². The van der Waals surface area contributed by atoms with E-state index in [4.69, 9.17) is 0 Å². The Balaban J connectivity index is 2.24. The van der Waals surface area contributed by atoms with Gasteiger partial charge in [0.15, 0.2) is 0 Å². The molecule has 108 valence electrons. The van der Waals surface area contributed by atoms with Gasteiger partial charge in [0.1, 0.15) is 0 Å². The van der Waals surface area contributed by atoms with Crippen molar-refractivity contribution in [3.8, 4) is 0 Å². The zero-order chi connectivity index (χ0) is 13.9. The molecule has 1 heteroatoms. The predicted octanol–water partition coefficient (Wildman–Crippen LogP) is 5.29. The van der Waals surface area contributed by atoms with Crippen molar-refractivity contribution < 1.29 is 5.11 Å². The lowest BCUT2D eigenvalue weighted by Gasteiger charge is -2.20.